The number of anilines is 1. The molecule has 2 unspecified atom stereocenters. The number of rotatable bonds is 2. The van der Waals surface area contributed by atoms with E-state index in [1.165, 1.54) is 26.4 Å². The second kappa shape index (κ2) is 5.33. The van der Waals surface area contributed by atoms with Crippen molar-refractivity contribution in [3.05, 3.63) is 11.5 Å². The van der Waals surface area contributed by atoms with Crippen LogP contribution in [0.2, 0.25) is 0 Å². The van der Waals surface area contributed by atoms with E-state index in [0.717, 1.165) is 18.7 Å². The van der Waals surface area contributed by atoms with Crippen molar-refractivity contribution in [2.24, 2.45) is 0 Å². The highest BCUT2D eigenvalue weighted by atomic mass is 16.5. The molecule has 6 heteroatoms. The lowest BCUT2D eigenvalue weighted by molar-refractivity contribution is 0.0400. The first-order chi connectivity index (χ1) is 10.0. The van der Waals surface area contributed by atoms with Crippen molar-refractivity contribution in [3.63, 3.8) is 0 Å². The first kappa shape index (κ1) is 14.4. The molecule has 6 nitrogen and oxygen atoms in total. The van der Waals surface area contributed by atoms with E-state index in [1.54, 1.807) is 0 Å². The number of carbonyl (C=O) groups excluding carboxylic acids is 1. The zero-order valence-electron chi connectivity index (χ0n) is 13.0. The maximum atomic E-state index is 11.7. The van der Waals surface area contributed by atoms with Crippen molar-refractivity contribution < 1.29 is 9.53 Å². The summed E-state index contributed by atoms with van der Waals surface area (Å²) >= 11 is 0. The molecular formula is C15H24N4O2. The Morgan fingerprint density at radius 1 is 1.29 bits per heavy atom. The van der Waals surface area contributed by atoms with Gasteiger partial charge in [0.1, 0.15) is 11.6 Å². The number of esters is 1. The monoisotopic (exact) mass is 292 g/mol. The number of nitrogen functional groups attached to an aromatic ring is 1. The van der Waals surface area contributed by atoms with E-state index in [9.17, 15) is 4.79 Å². The lowest BCUT2D eigenvalue weighted by atomic mass is 9.82. The Hall–Kier alpha value is -1.56. The molecule has 2 atom stereocenters. The maximum absolute atomic E-state index is 11.7. The highest BCUT2D eigenvalue weighted by molar-refractivity contribution is 5.92. The van der Waals surface area contributed by atoms with Crippen LogP contribution in [0.15, 0.2) is 0 Å². The smallest absolute Gasteiger partial charge is 0.360 e. The molecule has 1 aromatic heterocycles. The molecule has 3 rings (SSSR count). The Bertz CT molecular complexity index is 540. The molecule has 2 saturated heterocycles. The molecule has 1 aromatic rings. The summed E-state index contributed by atoms with van der Waals surface area (Å²) in [6, 6.07) is 1.57. The number of hydrogen-bond acceptors (Lipinski definition) is 5. The van der Waals surface area contributed by atoms with E-state index in [1.807, 2.05) is 11.5 Å². The normalized spacial score (nSPS) is 29.4. The zero-order chi connectivity index (χ0) is 15.1. The van der Waals surface area contributed by atoms with E-state index in [-0.39, 0.29) is 5.69 Å². The predicted octanol–water partition coefficient (Wildman–Crippen LogP) is 1.75. The third kappa shape index (κ3) is 2.31. The molecule has 0 aliphatic carbocycles. The highest BCUT2D eigenvalue weighted by Crippen LogP contribution is 2.40. The molecule has 116 valence electrons. The van der Waals surface area contributed by atoms with E-state index < -0.39 is 5.97 Å². The van der Waals surface area contributed by atoms with Gasteiger partial charge in [-0.25, -0.2) is 9.78 Å². The number of ether oxygens (including phenoxy) is 1. The lowest BCUT2D eigenvalue weighted by Crippen LogP contribution is -2.50. The van der Waals surface area contributed by atoms with Gasteiger partial charge < -0.3 is 19.9 Å². The number of fused-ring (bicyclic) bond motifs is 2. The van der Waals surface area contributed by atoms with Crippen molar-refractivity contribution in [3.8, 4) is 0 Å². The largest absolute Gasteiger partial charge is 0.464 e. The van der Waals surface area contributed by atoms with Crippen molar-refractivity contribution in [1.29, 1.82) is 0 Å². The number of nitrogens with two attached hydrogens (primary N) is 1. The molecular weight excluding hydrogens is 268 g/mol. The van der Waals surface area contributed by atoms with E-state index >= 15 is 0 Å². The summed E-state index contributed by atoms with van der Waals surface area (Å²) in [6.45, 7) is 1.91. The highest BCUT2D eigenvalue weighted by Gasteiger charge is 2.38. The minimum Gasteiger partial charge on any atom is -0.464 e. The summed E-state index contributed by atoms with van der Waals surface area (Å²) in [4.78, 5) is 18.6. The van der Waals surface area contributed by atoms with E-state index in [0.29, 0.717) is 23.9 Å². The van der Waals surface area contributed by atoms with Gasteiger partial charge in [0.15, 0.2) is 5.69 Å². The van der Waals surface area contributed by atoms with Crippen molar-refractivity contribution in [1.82, 2.24) is 14.5 Å². The van der Waals surface area contributed by atoms with Crippen LogP contribution in [0.5, 0.6) is 0 Å². The van der Waals surface area contributed by atoms with Crippen LogP contribution in [-0.4, -0.2) is 46.7 Å². The van der Waals surface area contributed by atoms with Gasteiger partial charge in [0.25, 0.3) is 0 Å². The van der Waals surface area contributed by atoms with Gasteiger partial charge in [0, 0.05) is 18.1 Å². The third-order valence-electron chi connectivity index (χ3n) is 5.18. The average molecular weight is 292 g/mol. The van der Waals surface area contributed by atoms with Crippen molar-refractivity contribution in [2.75, 3.05) is 19.9 Å². The maximum Gasteiger partial charge on any atom is 0.360 e. The quantitative estimate of drug-likeness (QED) is 0.841. The second-order valence-corrected chi connectivity index (χ2v) is 6.28. The Morgan fingerprint density at radius 3 is 2.48 bits per heavy atom. The fourth-order valence-corrected chi connectivity index (χ4v) is 4.07. The summed E-state index contributed by atoms with van der Waals surface area (Å²) in [6.07, 6.45) is 5.98. The topological polar surface area (TPSA) is 73.4 Å². The van der Waals surface area contributed by atoms with E-state index in [2.05, 4.69) is 16.9 Å². The van der Waals surface area contributed by atoms with Gasteiger partial charge in [0.2, 0.25) is 0 Å². The fraction of sp³-hybridized carbons (Fsp3) is 0.733. The van der Waals surface area contributed by atoms with Crippen LogP contribution in [0, 0.1) is 6.92 Å². The van der Waals surface area contributed by atoms with Gasteiger partial charge in [-0.3, -0.25) is 0 Å². The summed E-state index contributed by atoms with van der Waals surface area (Å²) in [5.74, 6) is 0.801. The summed E-state index contributed by atoms with van der Waals surface area (Å²) in [5.41, 5.74) is 6.43. The number of aryl methyl sites for hydroxylation is 1. The molecule has 0 saturated carbocycles. The van der Waals surface area contributed by atoms with Gasteiger partial charge in [-0.2, -0.15) is 0 Å². The van der Waals surface area contributed by atoms with Crippen LogP contribution in [0.25, 0.3) is 0 Å². The Labute approximate surface area is 125 Å². The SMILES string of the molecule is COC(=O)c1nc(C)n(C2CC3CCCC(C2)N3C)c1N. The van der Waals surface area contributed by atoms with Crippen LogP contribution in [0.1, 0.15) is 54.5 Å². The van der Waals surface area contributed by atoms with Gasteiger partial charge >= 0.3 is 5.97 Å². The van der Waals surface area contributed by atoms with Crippen LogP contribution >= 0.6 is 0 Å². The fourth-order valence-electron chi connectivity index (χ4n) is 4.07. The van der Waals surface area contributed by atoms with Crippen LogP contribution in [-0.2, 0) is 4.74 Å². The van der Waals surface area contributed by atoms with E-state index in [4.69, 9.17) is 10.5 Å². The molecule has 0 amide bonds. The van der Waals surface area contributed by atoms with Gasteiger partial charge in [-0.1, -0.05) is 6.42 Å². The number of nitrogens with zero attached hydrogens (tertiary/aromatic N) is 3. The summed E-state index contributed by atoms with van der Waals surface area (Å²) in [7, 11) is 3.59. The number of hydrogen-bond donors (Lipinski definition) is 1. The molecule has 2 fully saturated rings. The molecule has 2 aliphatic heterocycles. The summed E-state index contributed by atoms with van der Waals surface area (Å²) in [5, 5.41) is 0. The second-order valence-electron chi connectivity index (χ2n) is 6.28. The molecule has 21 heavy (non-hydrogen) atoms. The summed E-state index contributed by atoms with van der Waals surface area (Å²) < 4.78 is 6.81. The molecule has 0 radical (unpaired) electrons. The molecule has 0 spiro atoms. The molecule has 2 N–H and O–H groups in total. The number of piperidine rings is 2. The molecule has 2 bridgehead atoms. The van der Waals surface area contributed by atoms with Crippen LogP contribution in [0.3, 0.4) is 0 Å². The minimum atomic E-state index is -0.456. The number of methoxy groups -OCH3 is 1. The minimum absolute atomic E-state index is 0.249. The Morgan fingerprint density at radius 2 is 1.90 bits per heavy atom. The van der Waals surface area contributed by atoms with Crippen molar-refractivity contribution in [2.45, 2.75) is 57.2 Å². The lowest BCUT2D eigenvalue weighted by Gasteiger charge is -2.47. The molecule has 3 heterocycles. The van der Waals surface area contributed by atoms with Crippen LogP contribution in [0.4, 0.5) is 5.82 Å². The molecule has 2 aliphatic rings. The third-order valence-corrected chi connectivity index (χ3v) is 5.18. The zero-order valence-corrected chi connectivity index (χ0v) is 13.0. The Balaban J connectivity index is 1.91. The average Bonchev–Trinajstić information content (AvgIpc) is 2.73. The van der Waals surface area contributed by atoms with Gasteiger partial charge in [0.05, 0.1) is 7.11 Å². The number of aromatic nitrogens is 2. The van der Waals surface area contributed by atoms with Gasteiger partial charge in [-0.15, -0.1) is 0 Å². The van der Waals surface area contributed by atoms with Gasteiger partial charge in [-0.05, 0) is 39.7 Å². The van der Waals surface area contributed by atoms with Crippen molar-refractivity contribution >= 4 is 11.8 Å². The first-order valence-electron chi connectivity index (χ1n) is 7.67. The Kier molecular flexibility index (Phi) is 3.65. The molecule has 0 aromatic carbocycles. The van der Waals surface area contributed by atoms with Crippen LogP contribution < -0.4 is 5.73 Å². The number of imidazole rings is 1. The predicted molar refractivity (Wildman–Crippen MR) is 80.2 cm³/mol. The number of carbonyl (C=O) groups is 1. The first-order valence-corrected chi connectivity index (χ1v) is 7.67. The standard InChI is InChI=1S/C15H24N4O2/c1-9-17-13(15(20)21-3)14(16)19(9)12-7-10-5-4-6-11(8-12)18(10)2/h10-12H,4-8,16H2,1-3H3.